The second kappa shape index (κ2) is 5.85. The first kappa shape index (κ1) is 13.6. The Bertz CT molecular complexity index is 378. The van der Waals surface area contributed by atoms with E-state index < -0.39 is 0 Å². The van der Waals surface area contributed by atoms with Gasteiger partial charge in [0.05, 0.1) is 0 Å². The SMILES string of the molecule is CNC1(CCc2cccc(C)c2)CCN(C)CC1. The summed E-state index contributed by atoms with van der Waals surface area (Å²) in [6, 6.07) is 8.92. The lowest BCUT2D eigenvalue weighted by atomic mass is 9.82. The molecular formula is C16H26N2. The summed E-state index contributed by atoms with van der Waals surface area (Å²) in [6.45, 7) is 4.61. The van der Waals surface area contributed by atoms with Gasteiger partial charge >= 0.3 is 0 Å². The molecule has 2 heteroatoms. The van der Waals surface area contributed by atoms with Gasteiger partial charge in [0.15, 0.2) is 0 Å². The van der Waals surface area contributed by atoms with E-state index in [1.807, 2.05) is 0 Å². The van der Waals surface area contributed by atoms with E-state index >= 15 is 0 Å². The maximum Gasteiger partial charge on any atom is 0.0206 e. The molecule has 0 amide bonds. The highest BCUT2D eigenvalue weighted by Gasteiger charge is 2.31. The lowest BCUT2D eigenvalue weighted by molar-refractivity contribution is 0.156. The van der Waals surface area contributed by atoms with Crippen molar-refractivity contribution in [3.8, 4) is 0 Å². The highest BCUT2D eigenvalue weighted by Crippen LogP contribution is 2.26. The summed E-state index contributed by atoms with van der Waals surface area (Å²) in [5.41, 5.74) is 3.20. The summed E-state index contributed by atoms with van der Waals surface area (Å²) in [6.07, 6.45) is 4.98. The number of aryl methyl sites for hydroxylation is 2. The van der Waals surface area contributed by atoms with Gasteiger partial charge in [-0.15, -0.1) is 0 Å². The van der Waals surface area contributed by atoms with E-state index in [2.05, 4.69) is 55.5 Å². The van der Waals surface area contributed by atoms with E-state index in [1.165, 1.54) is 49.9 Å². The molecule has 1 aliphatic rings. The number of rotatable bonds is 4. The van der Waals surface area contributed by atoms with Gasteiger partial charge in [0.2, 0.25) is 0 Å². The molecule has 18 heavy (non-hydrogen) atoms. The zero-order valence-corrected chi connectivity index (χ0v) is 12.0. The minimum Gasteiger partial charge on any atom is -0.314 e. The average Bonchev–Trinajstić information content (AvgIpc) is 2.39. The molecule has 0 saturated carbocycles. The van der Waals surface area contributed by atoms with Crippen molar-refractivity contribution in [1.82, 2.24) is 10.2 Å². The van der Waals surface area contributed by atoms with Crippen LogP contribution in [0.2, 0.25) is 0 Å². The smallest absolute Gasteiger partial charge is 0.0206 e. The van der Waals surface area contributed by atoms with Crippen LogP contribution in [-0.2, 0) is 6.42 Å². The van der Waals surface area contributed by atoms with Gasteiger partial charge in [0.25, 0.3) is 0 Å². The van der Waals surface area contributed by atoms with Gasteiger partial charge in [0, 0.05) is 5.54 Å². The zero-order chi connectivity index (χ0) is 13.0. The van der Waals surface area contributed by atoms with Crippen LogP contribution < -0.4 is 5.32 Å². The molecule has 0 bridgehead atoms. The summed E-state index contributed by atoms with van der Waals surface area (Å²) in [5.74, 6) is 0. The Morgan fingerprint density at radius 2 is 2.00 bits per heavy atom. The Labute approximate surface area is 111 Å². The Hall–Kier alpha value is -0.860. The third-order valence-electron chi connectivity index (χ3n) is 4.45. The molecule has 1 saturated heterocycles. The number of piperidine rings is 1. The molecule has 1 aliphatic heterocycles. The summed E-state index contributed by atoms with van der Waals surface area (Å²) in [7, 11) is 4.35. The Kier molecular flexibility index (Phi) is 4.41. The van der Waals surface area contributed by atoms with Crippen LogP contribution in [0.5, 0.6) is 0 Å². The van der Waals surface area contributed by atoms with E-state index in [0.29, 0.717) is 5.54 Å². The van der Waals surface area contributed by atoms with Crippen LogP contribution in [0.15, 0.2) is 24.3 Å². The van der Waals surface area contributed by atoms with Crippen molar-refractivity contribution in [3.05, 3.63) is 35.4 Å². The molecule has 0 aliphatic carbocycles. The second-order valence-corrected chi connectivity index (χ2v) is 5.82. The van der Waals surface area contributed by atoms with Crippen LogP contribution in [-0.4, -0.2) is 37.6 Å². The molecule has 0 aromatic heterocycles. The molecular weight excluding hydrogens is 220 g/mol. The molecule has 0 atom stereocenters. The van der Waals surface area contributed by atoms with Gasteiger partial charge < -0.3 is 10.2 Å². The zero-order valence-electron chi connectivity index (χ0n) is 12.0. The van der Waals surface area contributed by atoms with Crippen LogP contribution in [0, 0.1) is 6.92 Å². The quantitative estimate of drug-likeness (QED) is 0.878. The molecule has 2 rings (SSSR count). The lowest BCUT2D eigenvalue weighted by Crippen LogP contribution is -2.51. The monoisotopic (exact) mass is 246 g/mol. The molecule has 1 fully saturated rings. The molecule has 1 aromatic rings. The number of nitrogens with one attached hydrogen (secondary N) is 1. The summed E-state index contributed by atoms with van der Waals surface area (Å²) >= 11 is 0. The predicted molar refractivity (Wildman–Crippen MR) is 78.0 cm³/mol. The summed E-state index contributed by atoms with van der Waals surface area (Å²) in [5, 5.41) is 3.60. The highest BCUT2D eigenvalue weighted by molar-refractivity contribution is 5.22. The number of nitrogens with zero attached hydrogens (tertiary/aromatic N) is 1. The van der Waals surface area contributed by atoms with Gasteiger partial charge in [-0.1, -0.05) is 29.8 Å². The van der Waals surface area contributed by atoms with E-state index in [9.17, 15) is 0 Å². The summed E-state index contributed by atoms with van der Waals surface area (Å²) in [4.78, 5) is 2.43. The molecule has 0 spiro atoms. The predicted octanol–water partition coefficient (Wildman–Crippen LogP) is 2.61. The molecule has 1 N–H and O–H groups in total. The van der Waals surface area contributed by atoms with Crippen molar-refractivity contribution < 1.29 is 0 Å². The minimum atomic E-state index is 0.357. The van der Waals surface area contributed by atoms with Gasteiger partial charge in [-0.25, -0.2) is 0 Å². The number of hydrogen-bond donors (Lipinski definition) is 1. The fourth-order valence-corrected chi connectivity index (χ4v) is 2.92. The summed E-state index contributed by atoms with van der Waals surface area (Å²) < 4.78 is 0. The lowest BCUT2D eigenvalue weighted by Gasteiger charge is -2.41. The third kappa shape index (κ3) is 3.33. The van der Waals surface area contributed by atoms with E-state index in [0.717, 1.165) is 0 Å². The van der Waals surface area contributed by atoms with Gasteiger partial charge in [-0.3, -0.25) is 0 Å². The molecule has 0 radical (unpaired) electrons. The molecule has 1 heterocycles. The Morgan fingerprint density at radius 1 is 1.28 bits per heavy atom. The molecule has 2 nitrogen and oxygen atoms in total. The van der Waals surface area contributed by atoms with E-state index in [4.69, 9.17) is 0 Å². The molecule has 100 valence electrons. The Morgan fingerprint density at radius 3 is 2.61 bits per heavy atom. The van der Waals surface area contributed by atoms with Crippen LogP contribution >= 0.6 is 0 Å². The van der Waals surface area contributed by atoms with Crippen molar-refractivity contribution in [2.75, 3.05) is 27.2 Å². The van der Waals surface area contributed by atoms with Crippen LogP contribution in [0.4, 0.5) is 0 Å². The van der Waals surface area contributed by atoms with Crippen molar-refractivity contribution in [1.29, 1.82) is 0 Å². The van der Waals surface area contributed by atoms with Crippen LogP contribution in [0.3, 0.4) is 0 Å². The second-order valence-electron chi connectivity index (χ2n) is 5.82. The first-order valence-corrected chi connectivity index (χ1v) is 7.07. The van der Waals surface area contributed by atoms with Crippen LogP contribution in [0.1, 0.15) is 30.4 Å². The molecule has 0 unspecified atom stereocenters. The van der Waals surface area contributed by atoms with Gasteiger partial charge in [-0.05, 0) is 65.4 Å². The average molecular weight is 246 g/mol. The fourth-order valence-electron chi connectivity index (χ4n) is 2.92. The number of likely N-dealkylation sites (tertiary alicyclic amines) is 1. The Balaban J connectivity index is 1.95. The van der Waals surface area contributed by atoms with E-state index in [-0.39, 0.29) is 0 Å². The highest BCUT2D eigenvalue weighted by atomic mass is 15.1. The first-order valence-electron chi connectivity index (χ1n) is 7.07. The van der Waals surface area contributed by atoms with E-state index in [1.54, 1.807) is 0 Å². The first-order chi connectivity index (χ1) is 8.63. The van der Waals surface area contributed by atoms with Crippen molar-refractivity contribution >= 4 is 0 Å². The minimum absolute atomic E-state index is 0.357. The van der Waals surface area contributed by atoms with Gasteiger partial charge in [-0.2, -0.15) is 0 Å². The standard InChI is InChI=1S/C16H26N2/c1-14-5-4-6-15(13-14)7-8-16(17-2)9-11-18(3)12-10-16/h4-6,13,17H,7-12H2,1-3H3. The maximum atomic E-state index is 3.60. The topological polar surface area (TPSA) is 15.3 Å². The van der Waals surface area contributed by atoms with Crippen LogP contribution in [0.25, 0.3) is 0 Å². The number of benzene rings is 1. The normalized spacial score (nSPS) is 19.9. The van der Waals surface area contributed by atoms with Crippen molar-refractivity contribution in [2.45, 2.75) is 38.1 Å². The molecule has 1 aromatic carbocycles. The van der Waals surface area contributed by atoms with Crippen molar-refractivity contribution in [2.24, 2.45) is 0 Å². The largest absolute Gasteiger partial charge is 0.314 e. The number of hydrogen-bond acceptors (Lipinski definition) is 2. The maximum absolute atomic E-state index is 3.60. The third-order valence-corrected chi connectivity index (χ3v) is 4.45. The fraction of sp³-hybridized carbons (Fsp3) is 0.625. The van der Waals surface area contributed by atoms with Gasteiger partial charge in [0.1, 0.15) is 0 Å². The van der Waals surface area contributed by atoms with Crippen molar-refractivity contribution in [3.63, 3.8) is 0 Å².